The van der Waals surface area contributed by atoms with E-state index >= 15 is 0 Å². The fraction of sp³-hybridized carbons (Fsp3) is 0.308. The number of carbonyl (C=O) groups excluding carboxylic acids is 2. The number of Topliss-reactive ketones (excluding diaryl/α,β-unsaturated/α-hetero) is 1. The molecule has 6 heteroatoms. The zero-order chi connectivity index (χ0) is 22.5. The summed E-state index contributed by atoms with van der Waals surface area (Å²) in [5.74, 6) is 0.668. The molecular weight excluding hydrogens is 404 g/mol. The summed E-state index contributed by atoms with van der Waals surface area (Å²) in [5.41, 5.74) is 4.29. The normalized spacial score (nSPS) is 21.2. The molecule has 164 valence electrons. The highest BCUT2D eigenvalue weighted by atomic mass is 16.7. The highest BCUT2D eigenvalue weighted by Gasteiger charge is 2.43. The van der Waals surface area contributed by atoms with Crippen LogP contribution in [0.5, 0.6) is 11.5 Å². The summed E-state index contributed by atoms with van der Waals surface area (Å²) in [7, 11) is 0. The number of carbonyl (C=O) groups is 2. The molecule has 0 saturated carbocycles. The molecule has 3 aliphatic rings. The van der Waals surface area contributed by atoms with E-state index in [0.29, 0.717) is 34.8 Å². The van der Waals surface area contributed by atoms with Gasteiger partial charge in [-0.15, -0.1) is 0 Å². The fourth-order valence-corrected chi connectivity index (χ4v) is 4.88. The molecule has 2 heterocycles. The predicted molar refractivity (Wildman–Crippen MR) is 121 cm³/mol. The quantitative estimate of drug-likeness (QED) is 0.741. The monoisotopic (exact) mass is 430 g/mol. The van der Waals surface area contributed by atoms with E-state index in [1.54, 1.807) is 0 Å². The molecule has 2 aromatic rings. The summed E-state index contributed by atoms with van der Waals surface area (Å²) >= 11 is 0. The van der Waals surface area contributed by atoms with E-state index in [1.165, 1.54) is 0 Å². The van der Waals surface area contributed by atoms with E-state index in [0.717, 1.165) is 23.4 Å². The Morgan fingerprint density at radius 3 is 2.59 bits per heavy atom. The van der Waals surface area contributed by atoms with E-state index in [-0.39, 0.29) is 23.9 Å². The molecule has 2 N–H and O–H groups in total. The van der Waals surface area contributed by atoms with Crippen LogP contribution in [0.2, 0.25) is 0 Å². The van der Waals surface area contributed by atoms with Crippen LogP contribution in [-0.2, 0) is 9.59 Å². The topological polar surface area (TPSA) is 76.7 Å². The molecule has 6 nitrogen and oxygen atoms in total. The van der Waals surface area contributed by atoms with Crippen molar-refractivity contribution in [2.75, 3.05) is 12.1 Å². The Morgan fingerprint density at radius 2 is 1.81 bits per heavy atom. The Bertz CT molecular complexity index is 1180. The van der Waals surface area contributed by atoms with E-state index in [4.69, 9.17) is 9.47 Å². The third kappa shape index (κ3) is 3.55. The minimum Gasteiger partial charge on any atom is -0.454 e. The van der Waals surface area contributed by atoms with Crippen molar-refractivity contribution in [3.8, 4) is 11.5 Å². The molecule has 2 aliphatic heterocycles. The van der Waals surface area contributed by atoms with E-state index in [9.17, 15) is 9.59 Å². The number of fused-ring (bicyclic) bond motifs is 1. The van der Waals surface area contributed by atoms with Gasteiger partial charge in [0.05, 0.1) is 0 Å². The lowest BCUT2D eigenvalue weighted by Gasteiger charge is -2.39. The minimum absolute atomic E-state index is 0.0731. The highest BCUT2D eigenvalue weighted by molar-refractivity contribution is 6.10. The number of ketones is 1. The average molecular weight is 431 g/mol. The molecule has 32 heavy (non-hydrogen) atoms. The molecule has 0 spiro atoms. The molecule has 0 fully saturated rings. The van der Waals surface area contributed by atoms with Crippen LogP contribution in [0.4, 0.5) is 5.69 Å². The summed E-state index contributed by atoms with van der Waals surface area (Å²) in [4.78, 5) is 26.9. The first-order chi connectivity index (χ1) is 15.3. The Kier molecular flexibility index (Phi) is 4.81. The van der Waals surface area contributed by atoms with Crippen molar-refractivity contribution < 1.29 is 19.1 Å². The molecule has 2 aromatic carbocycles. The maximum atomic E-state index is 13.5. The first-order valence-corrected chi connectivity index (χ1v) is 10.8. The Labute approximate surface area is 187 Å². The van der Waals surface area contributed by atoms with Gasteiger partial charge in [-0.25, -0.2) is 0 Å². The molecule has 1 amide bonds. The summed E-state index contributed by atoms with van der Waals surface area (Å²) in [6.07, 6.45) is 1.20. The minimum atomic E-state index is -0.479. The fourth-order valence-electron chi connectivity index (χ4n) is 4.88. The van der Waals surface area contributed by atoms with Gasteiger partial charge in [0, 0.05) is 40.6 Å². The number of anilines is 1. The number of amides is 1. The van der Waals surface area contributed by atoms with Gasteiger partial charge < -0.3 is 20.1 Å². The number of ether oxygens (including phenoxy) is 2. The van der Waals surface area contributed by atoms with Crippen molar-refractivity contribution >= 4 is 17.4 Å². The predicted octanol–water partition coefficient (Wildman–Crippen LogP) is 4.66. The molecule has 1 unspecified atom stereocenters. The lowest BCUT2D eigenvalue weighted by Crippen LogP contribution is -2.39. The van der Waals surface area contributed by atoms with Crippen LogP contribution in [0.3, 0.4) is 0 Å². The van der Waals surface area contributed by atoms with Gasteiger partial charge in [0.15, 0.2) is 17.3 Å². The second kappa shape index (κ2) is 7.55. The second-order valence-electron chi connectivity index (χ2n) is 9.36. The first-order valence-electron chi connectivity index (χ1n) is 10.8. The Balaban J connectivity index is 1.62. The number of rotatable bonds is 3. The zero-order valence-corrected chi connectivity index (χ0v) is 18.5. The van der Waals surface area contributed by atoms with Gasteiger partial charge in [0.2, 0.25) is 6.79 Å². The smallest absolute Gasteiger partial charge is 0.254 e. The lowest BCUT2D eigenvalue weighted by atomic mass is 9.68. The van der Waals surface area contributed by atoms with Crippen LogP contribution in [0.25, 0.3) is 0 Å². The van der Waals surface area contributed by atoms with Gasteiger partial charge >= 0.3 is 0 Å². The van der Waals surface area contributed by atoms with Gasteiger partial charge in [-0.2, -0.15) is 0 Å². The summed E-state index contributed by atoms with van der Waals surface area (Å²) in [5, 5.41) is 6.39. The van der Waals surface area contributed by atoms with Crippen molar-refractivity contribution in [1.82, 2.24) is 5.32 Å². The Morgan fingerprint density at radius 1 is 1.06 bits per heavy atom. The molecule has 5 rings (SSSR count). The maximum absolute atomic E-state index is 13.5. The van der Waals surface area contributed by atoms with Crippen molar-refractivity contribution in [2.24, 2.45) is 5.41 Å². The number of hydrogen-bond donors (Lipinski definition) is 2. The number of dihydropyridines is 1. The van der Waals surface area contributed by atoms with Crippen LogP contribution < -0.4 is 20.1 Å². The van der Waals surface area contributed by atoms with E-state index in [1.807, 2.05) is 55.5 Å². The van der Waals surface area contributed by atoms with Crippen molar-refractivity contribution in [2.45, 2.75) is 39.5 Å². The third-order valence-corrected chi connectivity index (χ3v) is 6.25. The van der Waals surface area contributed by atoms with E-state index < -0.39 is 5.92 Å². The van der Waals surface area contributed by atoms with Gasteiger partial charge in [-0.3, -0.25) is 9.59 Å². The van der Waals surface area contributed by atoms with Crippen molar-refractivity contribution in [1.29, 1.82) is 0 Å². The molecular formula is C26H26N2O4. The molecule has 0 bridgehead atoms. The standard InChI is InChI=1S/C26H26N2O4/c1-15-22(25(30)28-17-7-5-4-6-8-17)23(16-9-10-20-21(11-16)32-14-31-20)24-18(27-15)12-26(2,3)13-19(24)29/h4-11,23,27H,12-14H2,1-3H3,(H,28,30). The average Bonchev–Trinajstić information content (AvgIpc) is 3.20. The van der Waals surface area contributed by atoms with Crippen LogP contribution in [0.1, 0.15) is 45.1 Å². The second-order valence-corrected chi connectivity index (χ2v) is 9.36. The molecule has 1 aliphatic carbocycles. The SMILES string of the molecule is CC1=C(C(=O)Nc2ccccc2)C(c2ccc3c(c2)OCO3)C2=C(CC(C)(C)CC2=O)N1. The number of allylic oxidation sites excluding steroid dienone is 3. The van der Waals surface area contributed by atoms with Crippen LogP contribution >= 0.6 is 0 Å². The molecule has 0 saturated heterocycles. The number of hydrogen-bond acceptors (Lipinski definition) is 5. The largest absolute Gasteiger partial charge is 0.454 e. The van der Waals surface area contributed by atoms with Crippen molar-refractivity contribution in [3.63, 3.8) is 0 Å². The number of nitrogens with one attached hydrogen (secondary N) is 2. The summed E-state index contributed by atoms with van der Waals surface area (Å²) in [6.45, 7) is 6.27. The zero-order valence-electron chi connectivity index (χ0n) is 18.5. The van der Waals surface area contributed by atoms with Crippen LogP contribution in [0, 0.1) is 5.41 Å². The van der Waals surface area contributed by atoms with Crippen molar-refractivity contribution in [3.05, 3.63) is 76.6 Å². The highest BCUT2D eigenvalue weighted by Crippen LogP contribution is 2.48. The molecule has 0 aromatic heterocycles. The lowest BCUT2D eigenvalue weighted by molar-refractivity contribution is -0.118. The van der Waals surface area contributed by atoms with E-state index in [2.05, 4.69) is 24.5 Å². The maximum Gasteiger partial charge on any atom is 0.254 e. The van der Waals surface area contributed by atoms with Crippen LogP contribution in [-0.4, -0.2) is 18.5 Å². The summed E-state index contributed by atoms with van der Waals surface area (Å²) < 4.78 is 11.1. The van der Waals surface area contributed by atoms with Gasteiger partial charge in [-0.1, -0.05) is 38.1 Å². The van der Waals surface area contributed by atoms with Gasteiger partial charge in [-0.05, 0) is 48.6 Å². The van der Waals surface area contributed by atoms with Gasteiger partial charge in [0.1, 0.15) is 0 Å². The molecule has 1 atom stereocenters. The Hall–Kier alpha value is -3.54. The molecule has 0 radical (unpaired) electrons. The van der Waals surface area contributed by atoms with Crippen LogP contribution in [0.15, 0.2) is 71.1 Å². The number of para-hydroxylation sites is 1. The summed E-state index contributed by atoms with van der Waals surface area (Å²) in [6, 6.07) is 15.0. The number of benzene rings is 2. The van der Waals surface area contributed by atoms with Gasteiger partial charge in [0.25, 0.3) is 5.91 Å². The third-order valence-electron chi connectivity index (χ3n) is 6.25. The first kappa shape index (κ1) is 20.4.